The van der Waals surface area contributed by atoms with Gasteiger partial charge in [-0.15, -0.1) is 0 Å². The molecule has 2 N–H and O–H groups in total. The Balaban J connectivity index is 1.85. The number of halogens is 1. The highest BCUT2D eigenvalue weighted by atomic mass is 19.1. The van der Waals surface area contributed by atoms with E-state index in [0.29, 0.717) is 23.6 Å². The zero-order valence-electron chi connectivity index (χ0n) is 14.0. The average molecular weight is 346 g/mol. The lowest BCUT2D eigenvalue weighted by Gasteiger charge is -2.10. The molecule has 2 amide bonds. The van der Waals surface area contributed by atoms with Crippen LogP contribution in [0.25, 0.3) is 0 Å². The van der Waals surface area contributed by atoms with Crippen LogP contribution in [0.4, 0.5) is 10.1 Å². The van der Waals surface area contributed by atoms with Crippen molar-refractivity contribution in [1.82, 2.24) is 5.32 Å². The lowest BCUT2D eigenvalue weighted by atomic mass is 10.1. The second kappa shape index (κ2) is 8.68. The lowest BCUT2D eigenvalue weighted by molar-refractivity contribution is -0.136. The van der Waals surface area contributed by atoms with Gasteiger partial charge in [-0.1, -0.05) is 12.1 Å². The molecule has 0 atom stereocenters. The molecule has 2 aromatic rings. The Morgan fingerprint density at radius 2 is 1.64 bits per heavy atom. The van der Waals surface area contributed by atoms with E-state index >= 15 is 0 Å². The summed E-state index contributed by atoms with van der Waals surface area (Å²) in [6.45, 7) is 0.268. The summed E-state index contributed by atoms with van der Waals surface area (Å²) in [7, 11) is 2.98. The summed E-state index contributed by atoms with van der Waals surface area (Å²) in [4.78, 5) is 23.7. The highest BCUT2D eigenvalue weighted by molar-refractivity contribution is 6.39. The SMILES string of the molecule is COc1ccc(NC(=O)C(=O)NCCc2ccc(F)cc2)cc1OC. The monoisotopic (exact) mass is 346 g/mol. The zero-order valence-corrected chi connectivity index (χ0v) is 14.0. The van der Waals surface area contributed by atoms with Crippen LogP contribution in [0.1, 0.15) is 5.56 Å². The topological polar surface area (TPSA) is 76.7 Å². The third-order valence-electron chi connectivity index (χ3n) is 3.46. The third kappa shape index (κ3) is 5.20. The number of amides is 2. The Labute approximate surface area is 144 Å². The quantitative estimate of drug-likeness (QED) is 0.786. The van der Waals surface area contributed by atoms with Gasteiger partial charge in [-0.05, 0) is 36.2 Å². The number of carbonyl (C=O) groups excluding carboxylic acids is 2. The van der Waals surface area contributed by atoms with Crippen LogP contribution in [0.5, 0.6) is 11.5 Å². The molecule has 0 aliphatic heterocycles. The summed E-state index contributed by atoms with van der Waals surface area (Å²) < 4.78 is 23.1. The first kappa shape index (κ1) is 18.3. The summed E-state index contributed by atoms with van der Waals surface area (Å²) in [6.07, 6.45) is 0.496. The number of nitrogens with one attached hydrogen (secondary N) is 2. The van der Waals surface area contributed by atoms with Gasteiger partial charge in [-0.25, -0.2) is 4.39 Å². The number of benzene rings is 2. The van der Waals surface area contributed by atoms with E-state index in [-0.39, 0.29) is 12.4 Å². The van der Waals surface area contributed by atoms with Crippen LogP contribution in [0.3, 0.4) is 0 Å². The van der Waals surface area contributed by atoms with Gasteiger partial charge in [0.15, 0.2) is 11.5 Å². The normalized spacial score (nSPS) is 10.0. The Morgan fingerprint density at radius 1 is 0.960 bits per heavy atom. The van der Waals surface area contributed by atoms with E-state index in [0.717, 1.165) is 5.56 Å². The van der Waals surface area contributed by atoms with E-state index in [1.165, 1.54) is 26.4 Å². The maximum absolute atomic E-state index is 12.8. The predicted octanol–water partition coefficient (Wildman–Crippen LogP) is 2.14. The number of anilines is 1. The first-order valence-electron chi connectivity index (χ1n) is 7.59. The summed E-state index contributed by atoms with van der Waals surface area (Å²) in [5.74, 6) is -0.897. The van der Waals surface area contributed by atoms with Gasteiger partial charge in [0.05, 0.1) is 14.2 Å². The third-order valence-corrected chi connectivity index (χ3v) is 3.46. The van der Waals surface area contributed by atoms with Crippen LogP contribution in [0.2, 0.25) is 0 Å². The van der Waals surface area contributed by atoms with Gasteiger partial charge in [-0.3, -0.25) is 9.59 Å². The number of ether oxygens (including phenoxy) is 2. The van der Waals surface area contributed by atoms with Gasteiger partial charge in [0.1, 0.15) is 5.82 Å². The molecule has 0 aromatic heterocycles. The Hall–Kier alpha value is -3.09. The first-order valence-corrected chi connectivity index (χ1v) is 7.59. The Bertz CT molecular complexity index is 747. The second-order valence-corrected chi connectivity index (χ2v) is 5.16. The van der Waals surface area contributed by atoms with E-state index in [1.54, 1.807) is 30.3 Å². The summed E-state index contributed by atoms with van der Waals surface area (Å²) in [6, 6.07) is 10.7. The molecule has 0 spiro atoms. The molecule has 7 heteroatoms. The molecule has 0 radical (unpaired) electrons. The molecule has 2 rings (SSSR count). The standard InChI is InChI=1S/C18H19FN2O4/c1-24-15-8-7-14(11-16(15)25-2)21-18(23)17(22)20-10-9-12-3-5-13(19)6-4-12/h3-8,11H,9-10H2,1-2H3,(H,20,22)(H,21,23). The van der Waals surface area contributed by atoms with Crippen LogP contribution in [0.15, 0.2) is 42.5 Å². The fourth-order valence-electron chi connectivity index (χ4n) is 2.15. The van der Waals surface area contributed by atoms with Gasteiger partial charge in [0.25, 0.3) is 0 Å². The van der Waals surface area contributed by atoms with Crippen LogP contribution in [-0.4, -0.2) is 32.6 Å². The van der Waals surface area contributed by atoms with Crippen molar-refractivity contribution in [2.75, 3.05) is 26.1 Å². The van der Waals surface area contributed by atoms with E-state index < -0.39 is 11.8 Å². The molecule has 0 saturated carbocycles. The van der Waals surface area contributed by atoms with Gasteiger partial charge < -0.3 is 20.1 Å². The van der Waals surface area contributed by atoms with Crippen molar-refractivity contribution in [2.45, 2.75) is 6.42 Å². The fourth-order valence-corrected chi connectivity index (χ4v) is 2.15. The Kier molecular flexibility index (Phi) is 6.33. The maximum Gasteiger partial charge on any atom is 0.313 e. The van der Waals surface area contributed by atoms with Crippen molar-refractivity contribution in [3.05, 3.63) is 53.8 Å². The number of rotatable bonds is 6. The van der Waals surface area contributed by atoms with Crippen LogP contribution < -0.4 is 20.1 Å². The number of hydrogen-bond donors (Lipinski definition) is 2. The molecule has 0 aliphatic carbocycles. The maximum atomic E-state index is 12.8. The van der Waals surface area contributed by atoms with Gasteiger partial charge in [0.2, 0.25) is 0 Å². The molecule has 0 bridgehead atoms. The van der Waals surface area contributed by atoms with Crippen molar-refractivity contribution >= 4 is 17.5 Å². The number of methoxy groups -OCH3 is 2. The van der Waals surface area contributed by atoms with Crippen LogP contribution in [0, 0.1) is 5.82 Å². The van der Waals surface area contributed by atoms with Crippen molar-refractivity contribution < 1.29 is 23.5 Å². The molecule has 25 heavy (non-hydrogen) atoms. The van der Waals surface area contributed by atoms with Gasteiger partial charge >= 0.3 is 11.8 Å². The van der Waals surface area contributed by atoms with Crippen LogP contribution in [-0.2, 0) is 16.0 Å². The van der Waals surface area contributed by atoms with Crippen molar-refractivity contribution in [2.24, 2.45) is 0 Å². The molecule has 2 aromatic carbocycles. The van der Waals surface area contributed by atoms with E-state index in [4.69, 9.17) is 9.47 Å². The highest BCUT2D eigenvalue weighted by Gasteiger charge is 2.14. The van der Waals surface area contributed by atoms with E-state index in [2.05, 4.69) is 10.6 Å². The second-order valence-electron chi connectivity index (χ2n) is 5.16. The fraction of sp³-hybridized carbons (Fsp3) is 0.222. The molecule has 6 nitrogen and oxygen atoms in total. The molecule has 0 unspecified atom stereocenters. The van der Waals surface area contributed by atoms with E-state index in [9.17, 15) is 14.0 Å². The molecule has 0 heterocycles. The Morgan fingerprint density at radius 3 is 2.28 bits per heavy atom. The first-order chi connectivity index (χ1) is 12.0. The van der Waals surface area contributed by atoms with Crippen molar-refractivity contribution in [1.29, 1.82) is 0 Å². The summed E-state index contributed by atoms with van der Waals surface area (Å²) in [5.41, 5.74) is 1.28. The molecule has 0 aliphatic rings. The minimum atomic E-state index is -0.786. The van der Waals surface area contributed by atoms with Crippen molar-refractivity contribution in [3.8, 4) is 11.5 Å². The minimum Gasteiger partial charge on any atom is -0.493 e. The molecule has 0 fully saturated rings. The number of hydrogen-bond acceptors (Lipinski definition) is 4. The molecule has 0 saturated heterocycles. The van der Waals surface area contributed by atoms with E-state index in [1.807, 2.05) is 0 Å². The summed E-state index contributed by atoms with van der Waals surface area (Å²) >= 11 is 0. The number of carbonyl (C=O) groups is 2. The largest absolute Gasteiger partial charge is 0.493 e. The van der Waals surface area contributed by atoms with Gasteiger partial charge in [0, 0.05) is 18.3 Å². The van der Waals surface area contributed by atoms with Gasteiger partial charge in [-0.2, -0.15) is 0 Å². The smallest absolute Gasteiger partial charge is 0.313 e. The molecular formula is C18H19FN2O4. The van der Waals surface area contributed by atoms with Crippen molar-refractivity contribution in [3.63, 3.8) is 0 Å². The predicted molar refractivity (Wildman–Crippen MR) is 91.3 cm³/mol. The van der Waals surface area contributed by atoms with Crippen LogP contribution >= 0.6 is 0 Å². The highest BCUT2D eigenvalue weighted by Crippen LogP contribution is 2.29. The molecular weight excluding hydrogens is 327 g/mol. The zero-order chi connectivity index (χ0) is 18.2. The lowest BCUT2D eigenvalue weighted by Crippen LogP contribution is -2.36. The average Bonchev–Trinajstić information content (AvgIpc) is 2.63. The minimum absolute atomic E-state index is 0.268. The molecule has 132 valence electrons. The summed E-state index contributed by atoms with van der Waals surface area (Å²) in [5, 5.41) is 5.00.